The summed E-state index contributed by atoms with van der Waals surface area (Å²) in [6.07, 6.45) is 6.58. The van der Waals surface area contributed by atoms with Gasteiger partial charge < -0.3 is 10.0 Å². The molecular weight excluding hydrogens is 288 g/mol. The van der Waals surface area contributed by atoms with Gasteiger partial charge in [0.15, 0.2) is 0 Å². The number of hydrogen-bond acceptors (Lipinski definition) is 4. The van der Waals surface area contributed by atoms with Crippen molar-refractivity contribution in [2.45, 2.75) is 75.7 Å². The minimum absolute atomic E-state index is 0.154. The number of hydrogen-bond donors (Lipinski definition) is 2. The summed E-state index contributed by atoms with van der Waals surface area (Å²) < 4.78 is 27.9. The van der Waals surface area contributed by atoms with Crippen molar-refractivity contribution >= 4 is 10.0 Å². The number of rotatable bonds is 6. The second kappa shape index (κ2) is 6.94. The Morgan fingerprint density at radius 1 is 1.19 bits per heavy atom. The fourth-order valence-corrected chi connectivity index (χ4v) is 5.05. The average Bonchev–Trinajstić information content (AvgIpc) is 2.88. The van der Waals surface area contributed by atoms with Gasteiger partial charge >= 0.3 is 0 Å². The first-order valence-corrected chi connectivity index (χ1v) is 9.77. The van der Waals surface area contributed by atoms with Gasteiger partial charge in [0.05, 0.1) is 10.9 Å². The smallest absolute Gasteiger partial charge is 0.215 e. The summed E-state index contributed by atoms with van der Waals surface area (Å²) in [5.74, 6) is 0. The number of sulfonamides is 1. The third-order valence-electron chi connectivity index (χ3n) is 4.63. The van der Waals surface area contributed by atoms with Gasteiger partial charge in [-0.2, -0.15) is 0 Å². The van der Waals surface area contributed by atoms with Gasteiger partial charge in [0.2, 0.25) is 10.0 Å². The number of likely N-dealkylation sites (tertiary alicyclic amines) is 1. The summed E-state index contributed by atoms with van der Waals surface area (Å²) in [5.41, 5.74) is -0.687. The molecule has 2 N–H and O–H groups in total. The Labute approximate surface area is 129 Å². The fourth-order valence-electron chi connectivity index (χ4n) is 3.27. The van der Waals surface area contributed by atoms with Gasteiger partial charge in [-0.15, -0.1) is 0 Å². The van der Waals surface area contributed by atoms with Gasteiger partial charge in [-0.25, -0.2) is 13.1 Å². The van der Waals surface area contributed by atoms with Crippen LogP contribution in [0.3, 0.4) is 0 Å². The molecule has 1 aliphatic carbocycles. The van der Waals surface area contributed by atoms with Crippen LogP contribution in [0.4, 0.5) is 0 Å². The average molecular weight is 318 g/mol. The molecule has 0 aromatic heterocycles. The van der Waals surface area contributed by atoms with Crippen LogP contribution in [0.15, 0.2) is 0 Å². The van der Waals surface area contributed by atoms with E-state index < -0.39 is 15.6 Å². The molecule has 21 heavy (non-hydrogen) atoms. The second-order valence-electron chi connectivity index (χ2n) is 7.27. The molecule has 5 nitrogen and oxygen atoms in total. The molecule has 2 fully saturated rings. The molecule has 6 heteroatoms. The number of aliphatic hydroxyl groups is 1. The van der Waals surface area contributed by atoms with Crippen molar-refractivity contribution in [1.82, 2.24) is 9.62 Å². The molecule has 124 valence electrons. The number of piperidine rings is 1. The first-order valence-electron chi connectivity index (χ1n) is 8.22. The van der Waals surface area contributed by atoms with Crippen molar-refractivity contribution in [1.29, 1.82) is 0 Å². The molecule has 0 aromatic carbocycles. The van der Waals surface area contributed by atoms with Crippen LogP contribution >= 0.6 is 0 Å². The largest absolute Gasteiger partial charge is 0.390 e. The second-order valence-corrected chi connectivity index (χ2v) is 9.26. The van der Waals surface area contributed by atoms with E-state index in [0.717, 1.165) is 51.6 Å². The summed E-state index contributed by atoms with van der Waals surface area (Å²) >= 11 is 0. The number of nitrogens with one attached hydrogen (secondary N) is 1. The standard InChI is InChI=1S/C15H30N2O3S/c1-15(2,18)9-11-17-10-5-8-14(12-17)21(19,20)16-13-6-3-4-7-13/h13-14,16,18H,3-12H2,1-2H3/t14-/m0/s1. The minimum atomic E-state index is -3.21. The maximum Gasteiger partial charge on any atom is 0.215 e. The lowest BCUT2D eigenvalue weighted by molar-refractivity contribution is 0.0552. The van der Waals surface area contributed by atoms with E-state index >= 15 is 0 Å². The Kier molecular flexibility index (Phi) is 5.68. The van der Waals surface area contributed by atoms with Crippen LogP contribution in [0, 0.1) is 0 Å². The molecule has 2 aliphatic rings. The van der Waals surface area contributed by atoms with E-state index in [-0.39, 0.29) is 11.3 Å². The van der Waals surface area contributed by atoms with Crippen molar-refractivity contribution < 1.29 is 13.5 Å². The molecule has 0 amide bonds. The van der Waals surface area contributed by atoms with Gasteiger partial charge in [-0.1, -0.05) is 12.8 Å². The fraction of sp³-hybridized carbons (Fsp3) is 1.00. The Morgan fingerprint density at radius 2 is 1.86 bits per heavy atom. The van der Waals surface area contributed by atoms with Crippen LogP contribution in [-0.4, -0.2) is 55.0 Å². The number of nitrogens with zero attached hydrogens (tertiary/aromatic N) is 1. The molecule has 0 radical (unpaired) electrons. The topological polar surface area (TPSA) is 69.6 Å². The Morgan fingerprint density at radius 3 is 2.48 bits per heavy atom. The zero-order valence-corrected chi connectivity index (χ0v) is 14.2. The SMILES string of the molecule is CC(C)(O)CCN1CCC[C@H](S(=O)(=O)NC2CCCC2)C1. The molecular formula is C15H30N2O3S. The van der Waals surface area contributed by atoms with E-state index in [0.29, 0.717) is 13.0 Å². The molecule has 1 aliphatic heterocycles. The van der Waals surface area contributed by atoms with Gasteiger partial charge in [0.1, 0.15) is 0 Å². The molecule has 0 aromatic rings. The van der Waals surface area contributed by atoms with Crippen LogP contribution in [0.5, 0.6) is 0 Å². The van der Waals surface area contributed by atoms with Crippen molar-refractivity contribution in [3.8, 4) is 0 Å². The predicted octanol–water partition coefficient (Wildman–Crippen LogP) is 1.47. The van der Waals surface area contributed by atoms with E-state index in [1.807, 2.05) is 0 Å². The Balaban J connectivity index is 1.87. The van der Waals surface area contributed by atoms with Crippen LogP contribution in [-0.2, 0) is 10.0 Å². The molecule has 1 heterocycles. The first kappa shape index (κ1) is 17.2. The monoisotopic (exact) mass is 318 g/mol. The summed E-state index contributed by atoms with van der Waals surface area (Å²) in [4.78, 5) is 2.18. The van der Waals surface area contributed by atoms with Crippen molar-refractivity contribution in [3.05, 3.63) is 0 Å². The quantitative estimate of drug-likeness (QED) is 0.778. The summed E-state index contributed by atoms with van der Waals surface area (Å²) in [7, 11) is -3.21. The Hall–Kier alpha value is -0.170. The van der Waals surface area contributed by atoms with Gasteiger partial charge in [-0.3, -0.25) is 0 Å². The Bertz CT molecular complexity index is 425. The third kappa shape index (κ3) is 5.51. The van der Waals surface area contributed by atoms with E-state index in [9.17, 15) is 13.5 Å². The van der Waals surface area contributed by atoms with E-state index in [1.165, 1.54) is 0 Å². The first-order chi connectivity index (χ1) is 9.76. The maximum atomic E-state index is 12.5. The van der Waals surface area contributed by atoms with Crippen LogP contribution in [0.25, 0.3) is 0 Å². The lowest BCUT2D eigenvalue weighted by Gasteiger charge is -2.34. The van der Waals surface area contributed by atoms with Crippen LogP contribution in [0.1, 0.15) is 58.8 Å². The predicted molar refractivity (Wildman–Crippen MR) is 84.7 cm³/mol. The highest BCUT2D eigenvalue weighted by Gasteiger charge is 2.33. The molecule has 0 spiro atoms. The van der Waals surface area contributed by atoms with E-state index in [4.69, 9.17) is 0 Å². The van der Waals surface area contributed by atoms with Gasteiger partial charge in [0.25, 0.3) is 0 Å². The highest BCUT2D eigenvalue weighted by Crippen LogP contribution is 2.22. The minimum Gasteiger partial charge on any atom is -0.390 e. The van der Waals surface area contributed by atoms with Crippen LogP contribution in [0.2, 0.25) is 0 Å². The lowest BCUT2D eigenvalue weighted by atomic mass is 10.0. The van der Waals surface area contributed by atoms with Gasteiger partial charge in [-0.05, 0) is 52.5 Å². The normalized spacial score (nSPS) is 26.3. The van der Waals surface area contributed by atoms with Crippen molar-refractivity contribution in [2.75, 3.05) is 19.6 Å². The molecule has 1 atom stereocenters. The van der Waals surface area contributed by atoms with Crippen molar-refractivity contribution in [2.24, 2.45) is 0 Å². The van der Waals surface area contributed by atoms with Gasteiger partial charge in [0, 0.05) is 19.1 Å². The summed E-state index contributed by atoms with van der Waals surface area (Å²) in [6.45, 7) is 5.89. The van der Waals surface area contributed by atoms with Crippen molar-refractivity contribution in [3.63, 3.8) is 0 Å². The highest BCUT2D eigenvalue weighted by molar-refractivity contribution is 7.90. The molecule has 1 saturated heterocycles. The zero-order chi connectivity index (χ0) is 15.5. The van der Waals surface area contributed by atoms with E-state index in [1.54, 1.807) is 13.8 Å². The molecule has 0 bridgehead atoms. The maximum absolute atomic E-state index is 12.5. The van der Waals surface area contributed by atoms with E-state index in [2.05, 4.69) is 9.62 Å². The molecule has 2 rings (SSSR count). The third-order valence-corrected chi connectivity index (χ3v) is 6.55. The summed E-state index contributed by atoms with van der Waals surface area (Å²) in [6, 6.07) is 0.154. The zero-order valence-electron chi connectivity index (χ0n) is 13.3. The molecule has 0 unspecified atom stereocenters. The molecule has 1 saturated carbocycles. The lowest BCUT2D eigenvalue weighted by Crippen LogP contribution is -2.49. The van der Waals surface area contributed by atoms with Crippen LogP contribution < -0.4 is 4.72 Å². The summed E-state index contributed by atoms with van der Waals surface area (Å²) in [5, 5.41) is 9.51. The highest BCUT2D eigenvalue weighted by atomic mass is 32.2.